The molecule has 1 N–H and O–H groups in total. The molecule has 26 heavy (non-hydrogen) atoms. The number of rotatable bonds is 4. The first-order chi connectivity index (χ1) is 12.1. The van der Waals surface area contributed by atoms with Crippen LogP contribution >= 0.6 is 11.6 Å². The number of pyridine rings is 1. The highest BCUT2D eigenvalue weighted by atomic mass is 35.5. The van der Waals surface area contributed by atoms with Crippen molar-refractivity contribution in [2.45, 2.75) is 24.0 Å². The molecular weight excluding hydrogens is 393 g/mol. The summed E-state index contributed by atoms with van der Waals surface area (Å²) < 4.78 is 68.4. The minimum Gasteiger partial charge on any atom is -0.285 e. The molecular formula is C15H12ClF3N4O2S. The van der Waals surface area contributed by atoms with E-state index in [0.717, 1.165) is 12.1 Å². The zero-order chi connectivity index (χ0) is 19.1. The van der Waals surface area contributed by atoms with E-state index < -0.39 is 32.7 Å². The zero-order valence-electron chi connectivity index (χ0n) is 13.2. The van der Waals surface area contributed by atoms with Gasteiger partial charge in [0, 0.05) is 11.2 Å². The third-order valence-corrected chi connectivity index (χ3v) is 5.43. The van der Waals surface area contributed by atoms with E-state index in [-0.39, 0.29) is 10.8 Å². The van der Waals surface area contributed by atoms with E-state index in [1.54, 1.807) is 28.8 Å². The average molecular weight is 405 g/mol. The highest BCUT2D eigenvalue weighted by molar-refractivity contribution is 7.89. The minimum absolute atomic E-state index is 0.215. The van der Waals surface area contributed by atoms with Gasteiger partial charge in [0.1, 0.15) is 0 Å². The lowest BCUT2D eigenvalue weighted by Gasteiger charge is -2.17. The van der Waals surface area contributed by atoms with Crippen molar-refractivity contribution < 1.29 is 21.6 Å². The van der Waals surface area contributed by atoms with Crippen LogP contribution in [0.4, 0.5) is 13.2 Å². The molecule has 6 nitrogen and oxygen atoms in total. The van der Waals surface area contributed by atoms with Crippen molar-refractivity contribution in [2.24, 2.45) is 0 Å². The third-order valence-electron chi connectivity index (χ3n) is 3.60. The number of hydrogen-bond acceptors (Lipinski definition) is 4. The van der Waals surface area contributed by atoms with E-state index in [1.165, 1.54) is 6.92 Å². The first kappa shape index (κ1) is 18.6. The maximum atomic E-state index is 13.2. The molecule has 0 fully saturated rings. The van der Waals surface area contributed by atoms with E-state index in [9.17, 15) is 21.6 Å². The summed E-state index contributed by atoms with van der Waals surface area (Å²) in [5, 5.41) is 7.58. The molecule has 0 saturated carbocycles. The quantitative estimate of drug-likeness (QED) is 0.722. The minimum atomic E-state index is -4.88. The maximum Gasteiger partial charge on any atom is 0.417 e. The summed E-state index contributed by atoms with van der Waals surface area (Å²) in [6, 6.07) is 6.65. The van der Waals surface area contributed by atoms with Crippen LogP contribution in [0.1, 0.15) is 24.4 Å². The Hall–Kier alpha value is -2.17. The van der Waals surface area contributed by atoms with Crippen LogP contribution in [0.25, 0.3) is 5.65 Å². The molecule has 0 aliphatic heterocycles. The van der Waals surface area contributed by atoms with Gasteiger partial charge in [-0.05, 0) is 37.3 Å². The van der Waals surface area contributed by atoms with Crippen LogP contribution < -0.4 is 4.72 Å². The van der Waals surface area contributed by atoms with E-state index >= 15 is 0 Å². The van der Waals surface area contributed by atoms with E-state index in [4.69, 9.17) is 11.6 Å². The fourth-order valence-electron chi connectivity index (χ4n) is 2.46. The summed E-state index contributed by atoms with van der Waals surface area (Å²) in [5.74, 6) is 0.242. The van der Waals surface area contributed by atoms with Gasteiger partial charge in [0.15, 0.2) is 11.5 Å². The second-order valence-corrected chi connectivity index (χ2v) is 7.59. The van der Waals surface area contributed by atoms with Crippen molar-refractivity contribution >= 4 is 27.3 Å². The summed E-state index contributed by atoms with van der Waals surface area (Å²) in [6.45, 7) is 1.46. The fourth-order valence-corrected chi connectivity index (χ4v) is 4.04. The largest absolute Gasteiger partial charge is 0.417 e. The number of nitrogens with one attached hydrogen (secondary N) is 1. The highest BCUT2D eigenvalue weighted by Gasteiger charge is 2.38. The number of benzene rings is 1. The Bertz CT molecular complexity index is 1070. The van der Waals surface area contributed by atoms with Gasteiger partial charge >= 0.3 is 6.18 Å². The predicted molar refractivity (Wildman–Crippen MR) is 88.2 cm³/mol. The molecule has 138 valence electrons. The highest BCUT2D eigenvalue weighted by Crippen LogP contribution is 2.36. The third kappa shape index (κ3) is 3.53. The average Bonchev–Trinajstić information content (AvgIpc) is 2.97. The van der Waals surface area contributed by atoms with Gasteiger partial charge in [-0.15, -0.1) is 10.2 Å². The van der Waals surface area contributed by atoms with Crippen LogP contribution in [-0.2, 0) is 16.2 Å². The van der Waals surface area contributed by atoms with Crippen molar-refractivity contribution in [3.63, 3.8) is 0 Å². The standard InChI is InChI=1S/C15H12ClF3N4O2S/c1-9(14-21-20-13-4-2-3-7-23(13)14)22-26(24,25)12-6-5-10(16)8-11(12)15(17,18)19/h2-9,22H,1H3. The lowest BCUT2D eigenvalue weighted by molar-refractivity contribution is -0.139. The van der Waals surface area contributed by atoms with Crippen molar-refractivity contribution in [1.82, 2.24) is 19.3 Å². The Kier molecular flexibility index (Phi) is 4.67. The molecule has 3 rings (SSSR count). The molecule has 1 unspecified atom stereocenters. The van der Waals surface area contributed by atoms with Gasteiger partial charge in [-0.2, -0.15) is 13.2 Å². The first-order valence-corrected chi connectivity index (χ1v) is 9.14. The molecule has 11 heteroatoms. The summed E-state index contributed by atoms with van der Waals surface area (Å²) in [7, 11) is -4.49. The second kappa shape index (κ2) is 6.53. The first-order valence-electron chi connectivity index (χ1n) is 7.28. The van der Waals surface area contributed by atoms with Gasteiger partial charge in [-0.1, -0.05) is 17.7 Å². The number of halogens is 4. The Labute approximate surface area is 151 Å². The number of fused-ring (bicyclic) bond motifs is 1. The summed E-state index contributed by atoms with van der Waals surface area (Å²) >= 11 is 5.59. The number of alkyl halides is 3. The molecule has 0 spiro atoms. The number of sulfonamides is 1. The Morgan fingerprint density at radius 3 is 2.62 bits per heavy atom. The number of hydrogen-bond donors (Lipinski definition) is 1. The lowest BCUT2D eigenvalue weighted by atomic mass is 10.2. The molecule has 1 atom stereocenters. The van der Waals surface area contributed by atoms with Crippen molar-refractivity contribution in [2.75, 3.05) is 0 Å². The monoisotopic (exact) mass is 404 g/mol. The van der Waals surface area contributed by atoms with Crippen molar-refractivity contribution in [3.8, 4) is 0 Å². The molecule has 0 aliphatic carbocycles. The molecule has 0 aliphatic rings. The van der Waals surface area contributed by atoms with Gasteiger partial charge in [0.05, 0.1) is 16.5 Å². The van der Waals surface area contributed by atoms with Crippen LogP contribution in [0.2, 0.25) is 5.02 Å². The molecule has 3 aromatic rings. The topological polar surface area (TPSA) is 76.4 Å². The SMILES string of the molecule is CC(NS(=O)(=O)c1ccc(Cl)cc1C(F)(F)F)c1nnc2ccccn12. The van der Waals surface area contributed by atoms with Gasteiger partial charge in [-0.25, -0.2) is 13.1 Å². The maximum absolute atomic E-state index is 13.2. The van der Waals surface area contributed by atoms with E-state index in [1.807, 2.05) is 0 Å². The van der Waals surface area contributed by atoms with Crippen molar-refractivity contribution in [1.29, 1.82) is 0 Å². The predicted octanol–water partition coefficient (Wildman–Crippen LogP) is 3.44. The molecule has 1 aromatic carbocycles. The molecule has 0 amide bonds. The van der Waals surface area contributed by atoms with Crippen LogP contribution in [0.15, 0.2) is 47.5 Å². The van der Waals surface area contributed by atoms with Gasteiger partial charge in [0.25, 0.3) is 0 Å². The van der Waals surface area contributed by atoms with Gasteiger partial charge in [0.2, 0.25) is 10.0 Å². The smallest absolute Gasteiger partial charge is 0.285 e. The molecule has 0 bridgehead atoms. The number of nitrogens with zero attached hydrogens (tertiary/aromatic N) is 3. The second-order valence-electron chi connectivity index (χ2n) is 5.47. The molecule has 0 radical (unpaired) electrons. The van der Waals surface area contributed by atoms with Gasteiger partial charge in [-0.3, -0.25) is 4.40 Å². The van der Waals surface area contributed by atoms with Crippen molar-refractivity contribution in [3.05, 3.63) is 59.0 Å². The normalized spacial score (nSPS) is 13.9. The van der Waals surface area contributed by atoms with E-state index in [0.29, 0.717) is 11.7 Å². The Balaban J connectivity index is 2.00. The fraction of sp³-hybridized carbons (Fsp3) is 0.200. The van der Waals surface area contributed by atoms with Crippen LogP contribution in [-0.4, -0.2) is 23.0 Å². The summed E-state index contributed by atoms with van der Waals surface area (Å²) in [6.07, 6.45) is -3.25. The Morgan fingerprint density at radius 2 is 1.92 bits per heavy atom. The lowest BCUT2D eigenvalue weighted by Crippen LogP contribution is -2.30. The van der Waals surface area contributed by atoms with Crippen LogP contribution in [0.5, 0.6) is 0 Å². The Morgan fingerprint density at radius 1 is 1.19 bits per heavy atom. The van der Waals surface area contributed by atoms with Crippen LogP contribution in [0.3, 0.4) is 0 Å². The van der Waals surface area contributed by atoms with Crippen LogP contribution in [0, 0.1) is 0 Å². The molecule has 0 saturated heterocycles. The van der Waals surface area contributed by atoms with E-state index in [2.05, 4.69) is 14.9 Å². The molecule has 2 heterocycles. The zero-order valence-corrected chi connectivity index (χ0v) is 14.8. The number of aromatic nitrogens is 3. The summed E-state index contributed by atoms with van der Waals surface area (Å²) in [5.41, 5.74) is -0.855. The molecule has 2 aromatic heterocycles. The van der Waals surface area contributed by atoms with Gasteiger partial charge < -0.3 is 0 Å². The summed E-state index contributed by atoms with van der Waals surface area (Å²) in [4.78, 5) is -0.907.